The Bertz CT molecular complexity index is 929. The second-order valence-electron chi connectivity index (χ2n) is 9.05. The van der Waals surface area contributed by atoms with Crippen molar-refractivity contribution in [3.8, 4) is 0 Å². The van der Waals surface area contributed by atoms with Crippen LogP contribution in [0.5, 0.6) is 0 Å². The van der Waals surface area contributed by atoms with Crippen molar-refractivity contribution in [3.63, 3.8) is 0 Å². The van der Waals surface area contributed by atoms with Crippen molar-refractivity contribution < 1.29 is 14.7 Å². The van der Waals surface area contributed by atoms with Crippen LogP contribution in [-0.2, 0) is 9.59 Å². The molecule has 1 aromatic rings. The largest absolute Gasteiger partial charge is 0.493 e. The van der Waals surface area contributed by atoms with E-state index in [1.807, 2.05) is 27.7 Å². The van der Waals surface area contributed by atoms with Crippen LogP contribution in [0.25, 0.3) is 0 Å². The lowest BCUT2D eigenvalue weighted by atomic mass is 9.95. The molecule has 4 rings (SSSR count). The minimum absolute atomic E-state index is 0.0691. The van der Waals surface area contributed by atoms with Gasteiger partial charge in [0.2, 0.25) is 5.88 Å². The fourth-order valence-electron chi connectivity index (χ4n) is 3.30. The Balaban J connectivity index is 1.64. The molecule has 3 aliphatic rings. The zero-order valence-corrected chi connectivity index (χ0v) is 17.6. The molecular formula is C20H27N7O3. The fourth-order valence-corrected chi connectivity index (χ4v) is 3.30. The number of carbonyl (C=O) groups excluding carboxylic acids is 2. The number of amides is 2. The third kappa shape index (κ3) is 4.09. The second kappa shape index (κ2) is 7.28. The molecular weight excluding hydrogens is 386 g/mol. The number of carbonyl (C=O) groups is 2. The Morgan fingerprint density at radius 3 is 2.63 bits per heavy atom. The summed E-state index contributed by atoms with van der Waals surface area (Å²) in [5.41, 5.74) is 3.39. The van der Waals surface area contributed by atoms with Gasteiger partial charge in [-0.05, 0) is 31.3 Å². The van der Waals surface area contributed by atoms with Crippen molar-refractivity contribution in [2.45, 2.75) is 52.7 Å². The van der Waals surface area contributed by atoms with Gasteiger partial charge in [0.25, 0.3) is 11.8 Å². The maximum Gasteiger partial charge on any atom is 0.270 e. The molecule has 1 saturated carbocycles. The summed E-state index contributed by atoms with van der Waals surface area (Å²) in [5, 5.41) is 18.1. The summed E-state index contributed by atoms with van der Waals surface area (Å²) in [7, 11) is 0. The number of anilines is 1. The predicted molar refractivity (Wildman–Crippen MR) is 109 cm³/mol. The number of aliphatic hydroxyl groups excluding tert-OH is 1. The summed E-state index contributed by atoms with van der Waals surface area (Å²) in [5.74, 6) is -0.471. The Labute approximate surface area is 175 Å². The Morgan fingerprint density at radius 1 is 1.30 bits per heavy atom. The van der Waals surface area contributed by atoms with Crippen LogP contribution in [0.4, 0.5) is 5.82 Å². The van der Waals surface area contributed by atoms with Crippen LogP contribution in [0.2, 0.25) is 0 Å². The molecule has 1 aromatic heterocycles. The highest BCUT2D eigenvalue weighted by atomic mass is 16.3. The quantitative estimate of drug-likeness (QED) is 0.530. The number of aryl methyl sites for hydroxylation is 1. The monoisotopic (exact) mass is 413 g/mol. The first-order valence-corrected chi connectivity index (χ1v) is 10.0. The van der Waals surface area contributed by atoms with Gasteiger partial charge in [0.05, 0.1) is 18.1 Å². The van der Waals surface area contributed by atoms with Crippen LogP contribution in [-0.4, -0.2) is 55.6 Å². The molecule has 1 unspecified atom stereocenters. The maximum absolute atomic E-state index is 13.2. The average Bonchev–Trinajstić information content (AvgIpc) is 3.36. The molecule has 10 heteroatoms. The van der Waals surface area contributed by atoms with Crippen LogP contribution < -0.4 is 16.1 Å². The molecule has 0 saturated heterocycles. The van der Waals surface area contributed by atoms with Gasteiger partial charge in [0.1, 0.15) is 17.8 Å². The molecule has 3 heterocycles. The molecule has 1 fully saturated rings. The first-order valence-electron chi connectivity index (χ1n) is 10.0. The molecule has 0 spiro atoms. The van der Waals surface area contributed by atoms with E-state index in [1.54, 1.807) is 18.5 Å². The van der Waals surface area contributed by atoms with E-state index in [9.17, 15) is 14.7 Å². The highest BCUT2D eigenvalue weighted by Gasteiger charge is 2.45. The van der Waals surface area contributed by atoms with Gasteiger partial charge in [0, 0.05) is 12.6 Å². The molecule has 0 bridgehead atoms. The van der Waals surface area contributed by atoms with Crippen molar-refractivity contribution in [3.05, 3.63) is 41.4 Å². The second-order valence-corrected chi connectivity index (χ2v) is 9.05. The number of nitrogens with zero attached hydrogens (tertiary/aromatic N) is 4. The van der Waals surface area contributed by atoms with Crippen LogP contribution in [0.3, 0.4) is 0 Å². The van der Waals surface area contributed by atoms with Gasteiger partial charge in [0.15, 0.2) is 5.57 Å². The Morgan fingerprint density at radius 2 is 2.03 bits per heavy atom. The van der Waals surface area contributed by atoms with E-state index in [1.165, 1.54) is 9.91 Å². The van der Waals surface area contributed by atoms with Crippen LogP contribution in [0, 0.1) is 12.3 Å². The van der Waals surface area contributed by atoms with Crippen LogP contribution in [0.1, 0.15) is 39.3 Å². The first-order chi connectivity index (χ1) is 14.1. The molecule has 2 aliphatic heterocycles. The summed E-state index contributed by atoms with van der Waals surface area (Å²) < 4.78 is 0. The van der Waals surface area contributed by atoms with Gasteiger partial charge in [-0.2, -0.15) is 5.43 Å². The number of hydrogen-bond donors (Lipinski definition) is 4. The van der Waals surface area contributed by atoms with Gasteiger partial charge in [-0.15, -0.1) is 0 Å². The number of fused-ring (bicyclic) bond motifs is 1. The number of rotatable bonds is 5. The molecule has 4 N–H and O–H groups in total. The molecule has 2 amide bonds. The summed E-state index contributed by atoms with van der Waals surface area (Å²) in [6.45, 7) is 8.24. The Hall–Kier alpha value is -3.14. The lowest BCUT2D eigenvalue weighted by Crippen LogP contribution is -2.53. The molecule has 30 heavy (non-hydrogen) atoms. The third-order valence-electron chi connectivity index (χ3n) is 4.84. The molecule has 0 radical (unpaired) electrons. The maximum atomic E-state index is 13.2. The number of aromatic nitrogens is 2. The van der Waals surface area contributed by atoms with Crippen LogP contribution in [0.15, 0.2) is 35.7 Å². The lowest BCUT2D eigenvalue weighted by molar-refractivity contribution is -0.133. The van der Waals surface area contributed by atoms with Gasteiger partial charge in [-0.25, -0.2) is 9.99 Å². The Kier molecular flexibility index (Phi) is 4.89. The smallest absolute Gasteiger partial charge is 0.270 e. The highest BCUT2D eigenvalue weighted by Crippen LogP contribution is 2.32. The van der Waals surface area contributed by atoms with E-state index in [0.29, 0.717) is 18.2 Å². The van der Waals surface area contributed by atoms with Crippen molar-refractivity contribution in [2.24, 2.45) is 5.41 Å². The summed E-state index contributed by atoms with van der Waals surface area (Å²) >= 11 is 0. The number of aliphatic hydroxyl groups is 1. The minimum atomic E-state index is -0.555. The summed E-state index contributed by atoms with van der Waals surface area (Å²) in [6.07, 6.45) is 6.34. The van der Waals surface area contributed by atoms with E-state index in [2.05, 4.69) is 26.0 Å². The zero-order valence-electron chi connectivity index (χ0n) is 17.6. The van der Waals surface area contributed by atoms with Crippen LogP contribution >= 0.6 is 0 Å². The molecule has 10 nitrogen and oxygen atoms in total. The number of hydrazine groups is 1. The molecule has 160 valence electrons. The summed E-state index contributed by atoms with van der Waals surface area (Å²) in [6, 6.07) is 0.0691. The van der Waals surface area contributed by atoms with E-state index >= 15 is 0 Å². The number of hydrogen-bond acceptors (Lipinski definition) is 8. The molecule has 1 aliphatic carbocycles. The average molecular weight is 413 g/mol. The topological polar surface area (TPSA) is 123 Å². The van der Waals surface area contributed by atoms with E-state index in [0.717, 1.165) is 18.5 Å². The summed E-state index contributed by atoms with van der Waals surface area (Å²) in [4.78, 5) is 35.9. The first kappa shape index (κ1) is 20.1. The van der Waals surface area contributed by atoms with Gasteiger partial charge >= 0.3 is 0 Å². The standard InChI is InChI=1S/C20H27N7O3/c1-11-8-22-14(9-21-11)24-13-7-15-26(10-20(2,3)4)18(29)16(19(30)27(15)25-13)17(28)23-12-5-6-12/h7-9,12-13,25,30H,5-6,10H2,1-4H3,(H,22,24)(H,23,28). The zero-order chi connectivity index (χ0) is 21.6. The fraction of sp³-hybridized carbons (Fsp3) is 0.500. The third-order valence-corrected chi connectivity index (χ3v) is 4.84. The van der Waals surface area contributed by atoms with Gasteiger partial charge in [-0.3, -0.25) is 19.5 Å². The van der Waals surface area contributed by atoms with E-state index in [4.69, 9.17) is 0 Å². The number of nitrogens with one attached hydrogen (secondary N) is 3. The normalized spacial score (nSPS) is 21.5. The van der Waals surface area contributed by atoms with Crippen molar-refractivity contribution in [1.29, 1.82) is 0 Å². The molecule has 0 aromatic carbocycles. The van der Waals surface area contributed by atoms with Crippen molar-refractivity contribution >= 4 is 17.6 Å². The van der Waals surface area contributed by atoms with Crippen molar-refractivity contribution in [1.82, 2.24) is 30.6 Å². The van der Waals surface area contributed by atoms with E-state index < -0.39 is 23.9 Å². The van der Waals surface area contributed by atoms with Gasteiger partial charge < -0.3 is 15.7 Å². The lowest BCUT2D eigenvalue weighted by Gasteiger charge is -2.38. The minimum Gasteiger partial charge on any atom is -0.493 e. The predicted octanol–water partition coefficient (Wildman–Crippen LogP) is 1.12. The van der Waals surface area contributed by atoms with Gasteiger partial charge in [-0.1, -0.05) is 20.8 Å². The highest BCUT2D eigenvalue weighted by molar-refractivity contribution is 6.19. The molecule has 1 atom stereocenters. The van der Waals surface area contributed by atoms with Crippen molar-refractivity contribution in [2.75, 3.05) is 11.9 Å². The SMILES string of the molecule is Cc1cnc(NC2C=C3N(CC(C)(C)C)C(=O)C(C(=O)NC4CC4)=C(O)N3N2)cn1. The van der Waals surface area contributed by atoms with E-state index in [-0.39, 0.29) is 17.0 Å².